The third-order valence-electron chi connectivity index (χ3n) is 3.40. The predicted octanol–water partition coefficient (Wildman–Crippen LogP) is 3.17. The number of nitrogen functional groups attached to an aromatic ring is 1. The van der Waals surface area contributed by atoms with Gasteiger partial charge >= 0.3 is 6.36 Å². The predicted molar refractivity (Wildman–Crippen MR) is 87.8 cm³/mol. The van der Waals surface area contributed by atoms with Crippen molar-refractivity contribution in [3.63, 3.8) is 0 Å². The first kappa shape index (κ1) is 18.2. The number of para-hydroxylation sites is 1. The highest BCUT2D eigenvalue weighted by atomic mass is 19.4. The van der Waals surface area contributed by atoms with E-state index in [2.05, 4.69) is 29.7 Å². The number of aromatic nitrogens is 3. The Balaban J connectivity index is 1.88. The lowest BCUT2D eigenvalue weighted by atomic mass is 10.1. The number of ether oxygens (including phenoxy) is 1. The van der Waals surface area contributed by atoms with Crippen LogP contribution in [0.3, 0.4) is 0 Å². The molecule has 2 aromatic heterocycles. The van der Waals surface area contributed by atoms with Crippen molar-refractivity contribution >= 4 is 17.5 Å². The van der Waals surface area contributed by atoms with E-state index in [9.17, 15) is 18.0 Å². The normalized spacial score (nSPS) is 11.3. The number of hydrogen-bond donors (Lipinski definition) is 2. The molecule has 11 heteroatoms. The molecule has 0 unspecified atom stereocenters. The number of nitrogens with zero attached hydrogens (tertiary/aromatic N) is 3. The van der Waals surface area contributed by atoms with Crippen molar-refractivity contribution < 1.29 is 27.2 Å². The Hall–Kier alpha value is -3.63. The van der Waals surface area contributed by atoms with E-state index >= 15 is 0 Å². The van der Waals surface area contributed by atoms with E-state index in [1.165, 1.54) is 24.5 Å². The maximum absolute atomic E-state index is 12.6. The Morgan fingerprint density at radius 2 is 2.04 bits per heavy atom. The molecular formula is C16H12F3N5O3. The number of benzene rings is 1. The quantitative estimate of drug-likeness (QED) is 0.715. The molecule has 0 radical (unpaired) electrons. The van der Waals surface area contributed by atoms with Gasteiger partial charge in [-0.2, -0.15) is 0 Å². The van der Waals surface area contributed by atoms with Crippen LogP contribution in [0.25, 0.3) is 11.3 Å². The highest BCUT2D eigenvalue weighted by molar-refractivity contribution is 6.04. The molecule has 140 valence electrons. The number of alkyl halides is 3. The maximum atomic E-state index is 12.6. The Bertz CT molecular complexity index is 987. The topological polar surface area (TPSA) is 116 Å². The van der Waals surface area contributed by atoms with Crippen molar-refractivity contribution in [1.29, 1.82) is 0 Å². The number of aryl methyl sites for hydroxylation is 1. The molecule has 0 spiro atoms. The van der Waals surface area contributed by atoms with Gasteiger partial charge in [0, 0.05) is 5.56 Å². The lowest BCUT2D eigenvalue weighted by molar-refractivity contribution is -0.274. The molecule has 3 rings (SSSR count). The number of nitrogens with one attached hydrogen (secondary N) is 1. The van der Waals surface area contributed by atoms with E-state index in [1.807, 2.05) is 0 Å². The fourth-order valence-electron chi connectivity index (χ4n) is 2.24. The molecule has 27 heavy (non-hydrogen) atoms. The van der Waals surface area contributed by atoms with Gasteiger partial charge in [0.05, 0.1) is 11.9 Å². The standard InChI is InChI=1S/C16H12F3N5O3/c1-8-10(7-26-24-8)15(25)23-12-6-21-13(14(20)22-12)9-4-2-3-5-11(9)27-16(17,18)19/h2-7H,1H3,(H3,20,22,23,25). The molecule has 0 aliphatic carbocycles. The highest BCUT2D eigenvalue weighted by Crippen LogP contribution is 2.34. The smallest absolute Gasteiger partial charge is 0.405 e. The van der Waals surface area contributed by atoms with Crippen LogP contribution >= 0.6 is 0 Å². The van der Waals surface area contributed by atoms with Gasteiger partial charge in [0.2, 0.25) is 0 Å². The molecule has 3 N–H and O–H groups in total. The van der Waals surface area contributed by atoms with Gasteiger partial charge in [0.25, 0.3) is 5.91 Å². The molecule has 0 bridgehead atoms. The molecule has 0 saturated heterocycles. The molecule has 0 aliphatic heterocycles. The van der Waals surface area contributed by atoms with Crippen molar-refractivity contribution in [2.75, 3.05) is 11.1 Å². The Morgan fingerprint density at radius 3 is 2.67 bits per heavy atom. The summed E-state index contributed by atoms with van der Waals surface area (Å²) in [6.07, 6.45) is -2.54. The molecule has 1 amide bonds. The van der Waals surface area contributed by atoms with Crippen molar-refractivity contribution in [2.45, 2.75) is 13.3 Å². The number of anilines is 2. The van der Waals surface area contributed by atoms with Crippen LogP contribution in [0, 0.1) is 6.92 Å². The summed E-state index contributed by atoms with van der Waals surface area (Å²) in [6, 6.07) is 5.38. The van der Waals surface area contributed by atoms with Crippen LogP contribution < -0.4 is 15.8 Å². The summed E-state index contributed by atoms with van der Waals surface area (Å²) in [5.41, 5.74) is 6.38. The van der Waals surface area contributed by atoms with Crippen LogP contribution in [-0.2, 0) is 0 Å². The lowest BCUT2D eigenvalue weighted by Crippen LogP contribution is -2.18. The number of nitrogens with two attached hydrogens (primary N) is 1. The zero-order valence-corrected chi connectivity index (χ0v) is 13.7. The summed E-state index contributed by atoms with van der Waals surface area (Å²) in [6.45, 7) is 1.58. The van der Waals surface area contributed by atoms with E-state index in [4.69, 9.17) is 5.73 Å². The number of halogens is 3. The fourth-order valence-corrected chi connectivity index (χ4v) is 2.24. The van der Waals surface area contributed by atoms with Crippen molar-refractivity contribution in [3.8, 4) is 17.0 Å². The number of carbonyl (C=O) groups excluding carboxylic acids is 1. The molecule has 3 aromatic rings. The highest BCUT2D eigenvalue weighted by Gasteiger charge is 2.32. The lowest BCUT2D eigenvalue weighted by Gasteiger charge is -2.14. The van der Waals surface area contributed by atoms with Crippen LogP contribution in [-0.4, -0.2) is 27.4 Å². The monoisotopic (exact) mass is 379 g/mol. The number of carbonyl (C=O) groups is 1. The SMILES string of the molecule is Cc1nocc1C(=O)Nc1cnc(-c2ccccc2OC(F)(F)F)c(N)n1. The zero-order chi connectivity index (χ0) is 19.6. The van der Waals surface area contributed by atoms with Crippen LogP contribution in [0.4, 0.5) is 24.8 Å². The van der Waals surface area contributed by atoms with E-state index in [1.54, 1.807) is 6.92 Å². The van der Waals surface area contributed by atoms with Crippen molar-refractivity contribution in [3.05, 3.63) is 48.0 Å². The molecule has 0 saturated carbocycles. The number of hydrogen-bond acceptors (Lipinski definition) is 7. The molecular weight excluding hydrogens is 367 g/mol. The third kappa shape index (κ3) is 4.14. The minimum absolute atomic E-state index is 0.00702. The summed E-state index contributed by atoms with van der Waals surface area (Å²) in [4.78, 5) is 20.1. The third-order valence-corrected chi connectivity index (χ3v) is 3.40. The second kappa shape index (κ2) is 6.94. The largest absolute Gasteiger partial charge is 0.573 e. The summed E-state index contributed by atoms with van der Waals surface area (Å²) < 4.78 is 46.4. The molecule has 0 atom stereocenters. The van der Waals surface area contributed by atoms with E-state index < -0.39 is 18.0 Å². The van der Waals surface area contributed by atoms with E-state index in [0.717, 1.165) is 12.3 Å². The average Bonchev–Trinajstić information content (AvgIpc) is 3.01. The summed E-state index contributed by atoms with van der Waals surface area (Å²) in [5, 5.41) is 6.04. The van der Waals surface area contributed by atoms with Crippen molar-refractivity contribution in [2.24, 2.45) is 0 Å². The van der Waals surface area contributed by atoms with Gasteiger partial charge < -0.3 is 20.3 Å². The maximum Gasteiger partial charge on any atom is 0.573 e. The molecule has 2 heterocycles. The number of rotatable bonds is 4. The van der Waals surface area contributed by atoms with Crippen LogP contribution in [0.1, 0.15) is 16.1 Å². The van der Waals surface area contributed by atoms with E-state index in [0.29, 0.717) is 5.69 Å². The van der Waals surface area contributed by atoms with Gasteiger partial charge in [0.15, 0.2) is 11.6 Å². The number of amides is 1. The fraction of sp³-hybridized carbons (Fsp3) is 0.125. The first-order valence-electron chi connectivity index (χ1n) is 7.44. The Kier molecular flexibility index (Phi) is 4.67. The van der Waals surface area contributed by atoms with Gasteiger partial charge in [-0.1, -0.05) is 17.3 Å². The Morgan fingerprint density at radius 1 is 1.30 bits per heavy atom. The van der Waals surface area contributed by atoms with Gasteiger partial charge in [-0.15, -0.1) is 13.2 Å². The van der Waals surface area contributed by atoms with Gasteiger partial charge in [-0.25, -0.2) is 9.97 Å². The summed E-state index contributed by atoms with van der Waals surface area (Å²) in [7, 11) is 0. The molecule has 0 fully saturated rings. The van der Waals surface area contributed by atoms with Gasteiger partial charge in [0.1, 0.15) is 23.3 Å². The Labute approximate surface area is 150 Å². The van der Waals surface area contributed by atoms with Gasteiger partial charge in [-0.3, -0.25) is 4.79 Å². The first-order valence-corrected chi connectivity index (χ1v) is 7.44. The molecule has 8 nitrogen and oxygen atoms in total. The molecule has 1 aromatic carbocycles. The molecule has 0 aliphatic rings. The second-order valence-corrected chi connectivity index (χ2v) is 5.30. The second-order valence-electron chi connectivity index (χ2n) is 5.30. The summed E-state index contributed by atoms with van der Waals surface area (Å²) >= 11 is 0. The van der Waals surface area contributed by atoms with Gasteiger partial charge in [-0.05, 0) is 19.1 Å². The first-order chi connectivity index (χ1) is 12.7. The average molecular weight is 379 g/mol. The van der Waals surface area contributed by atoms with Crippen LogP contribution in [0.15, 0.2) is 41.2 Å². The van der Waals surface area contributed by atoms with Crippen LogP contribution in [0.5, 0.6) is 5.75 Å². The van der Waals surface area contributed by atoms with E-state index in [-0.39, 0.29) is 28.5 Å². The zero-order valence-electron chi connectivity index (χ0n) is 13.7. The minimum atomic E-state index is -4.87. The van der Waals surface area contributed by atoms with Crippen LogP contribution in [0.2, 0.25) is 0 Å². The van der Waals surface area contributed by atoms with Crippen molar-refractivity contribution in [1.82, 2.24) is 15.1 Å². The summed E-state index contributed by atoms with van der Waals surface area (Å²) in [5.74, 6) is -1.19. The minimum Gasteiger partial charge on any atom is -0.405 e.